The largest absolute Gasteiger partial charge is 0.469 e. The highest BCUT2D eigenvalue weighted by Gasteiger charge is 2.16. The van der Waals surface area contributed by atoms with E-state index in [1.807, 2.05) is 0 Å². The molecule has 2 amide bonds. The van der Waals surface area contributed by atoms with E-state index in [0.717, 1.165) is 0 Å². The summed E-state index contributed by atoms with van der Waals surface area (Å²) in [5.41, 5.74) is 0.306. The lowest BCUT2D eigenvalue weighted by Gasteiger charge is -2.09. The third-order valence-corrected chi connectivity index (χ3v) is 3.49. The number of carbonyl (C=O) groups excluding carboxylic acids is 4. The van der Waals surface area contributed by atoms with Gasteiger partial charge in [-0.05, 0) is 31.0 Å². The molecule has 0 fully saturated rings. The van der Waals surface area contributed by atoms with Gasteiger partial charge in [-0.25, -0.2) is 4.79 Å². The van der Waals surface area contributed by atoms with Crippen LogP contribution in [0.15, 0.2) is 18.2 Å². The van der Waals surface area contributed by atoms with Crippen molar-refractivity contribution in [3.8, 4) is 0 Å². The van der Waals surface area contributed by atoms with Gasteiger partial charge in [0.2, 0.25) is 0 Å². The van der Waals surface area contributed by atoms with Gasteiger partial charge in [-0.1, -0.05) is 11.6 Å². The highest BCUT2D eigenvalue weighted by Crippen LogP contribution is 2.23. The molecule has 136 valence electrons. The lowest BCUT2D eigenvalue weighted by atomic mass is 10.2. The third kappa shape index (κ3) is 6.80. The van der Waals surface area contributed by atoms with E-state index >= 15 is 0 Å². The Morgan fingerprint density at radius 2 is 1.76 bits per heavy atom. The van der Waals surface area contributed by atoms with Crippen molar-refractivity contribution in [2.24, 2.45) is 0 Å². The van der Waals surface area contributed by atoms with Crippen LogP contribution in [0.25, 0.3) is 0 Å². The van der Waals surface area contributed by atoms with Crippen LogP contribution in [0.3, 0.4) is 0 Å². The van der Waals surface area contributed by atoms with E-state index in [-0.39, 0.29) is 35.2 Å². The van der Waals surface area contributed by atoms with E-state index in [9.17, 15) is 19.2 Å². The Kier molecular flexibility index (Phi) is 8.42. The third-order valence-electron chi connectivity index (χ3n) is 3.16. The second kappa shape index (κ2) is 10.3. The number of carbonyl (C=O) groups is 4. The summed E-state index contributed by atoms with van der Waals surface area (Å²) in [6.07, 6.45) is 1.29. The van der Waals surface area contributed by atoms with Crippen molar-refractivity contribution in [2.45, 2.75) is 19.3 Å². The number of nitrogens with one attached hydrogen (secondary N) is 2. The molecule has 0 atom stereocenters. The maximum absolute atomic E-state index is 11.9. The quantitative estimate of drug-likeness (QED) is 0.427. The average Bonchev–Trinajstić information content (AvgIpc) is 2.61. The number of esters is 2. The molecule has 0 aliphatic heterocycles. The molecule has 0 aliphatic rings. The molecule has 25 heavy (non-hydrogen) atoms. The Balaban J connectivity index is 2.51. The van der Waals surface area contributed by atoms with Crippen LogP contribution in [-0.2, 0) is 23.9 Å². The zero-order valence-electron chi connectivity index (χ0n) is 13.9. The molecular weight excluding hydrogens is 352 g/mol. The average molecular weight is 371 g/mol. The van der Waals surface area contributed by atoms with Gasteiger partial charge in [0.1, 0.15) is 0 Å². The predicted octanol–water partition coefficient (Wildman–Crippen LogP) is 1.52. The lowest BCUT2D eigenvalue weighted by Crippen LogP contribution is -2.36. The van der Waals surface area contributed by atoms with E-state index in [0.29, 0.717) is 12.8 Å². The first-order valence-electron chi connectivity index (χ1n) is 7.43. The van der Waals surface area contributed by atoms with E-state index in [1.54, 1.807) is 0 Å². The summed E-state index contributed by atoms with van der Waals surface area (Å²) in [7, 11) is 2.53. The minimum absolute atomic E-state index is 0.121. The fourth-order valence-corrected chi connectivity index (χ4v) is 1.99. The first-order chi connectivity index (χ1) is 11.9. The summed E-state index contributed by atoms with van der Waals surface area (Å²) in [6, 6.07) is 4.16. The van der Waals surface area contributed by atoms with Gasteiger partial charge in [-0.15, -0.1) is 0 Å². The second-order valence-corrected chi connectivity index (χ2v) is 5.34. The smallest absolute Gasteiger partial charge is 0.337 e. The van der Waals surface area contributed by atoms with Crippen LogP contribution >= 0.6 is 11.6 Å². The van der Waals surface area contributed by atoms with Crippen LogP contribution in [0.4, 0.5) is 5.69 Å². The second-order valence-electron chi connectivity index (χ2n) is 4.93. The molecule has 0 heterocycles. The Labute approximate surface area is 149 Å². The Morgan fingerprint density at radius 3 is 2.40 bits per heavy atom. The highest BCUT2D eigenvalue weighted by atomic mass is 35.5. The first kappa shape index (κ1) is 20.4. The number of benzene rings is 1. The predicted molar refractivity (Wildman–Crippen MR) is 90.3 cm³/mol. The van der Waals surface area contributed by atoms with E-state index < -0.39 is 17.8 Å². The summed E-state index contributed by atoms with van der Waals surface area (Å²) in [5.74, 6) is -2.69. The molecule has 0 spiro atoms. The molecule has 0 saturated carbocycles. The van der Waals surface area contributed by atoms with E-state index in [1.165, 1.54) is 32.4 Å². The molecule has 2 N–H and O–H groups in total. The van der Waals surface area contributed by atoms with Crippen molar-refractivity contribution in [3.63, 3.8) is 0 Å². The van der Waals surface area contributed by atoms with Gasteiger partial charge in [-0.2, -0.15) is 0 Å². The highest BCUT2D eigenvalue weighted by molar-refractivity contribution is 6.41. The zero-order chi connectivity index (χ0) is 18.8. The number of unbranched alkanes of at least 4 members (excludes halogenated alkanes) is 1. The minimum Gasteiger partial charge on any atom is -0.469 e. The van der Waals surface area contributed by atoms with Crippen molar-refractivity contribution in [1.29, 1.82) is 0 Å². The number of hydrogen-bond acceptors (Lipinski definition) is 6. The number of ether oxygens (including phenoxy) is 2. The first-order valence-corrected chi connectivity index (χ1v) is 7.80. The Hall–Kier alpha value is -2.61. The number of amides is 2. The van der Waals surface area contributed by atoms with Crippen molar-refractivity contribution >= 4 is 41.0 Å². The fraction of sp³-hybridized carbons (Fsp3) is 0.375. The van der Waals surface area contributed by atoms with Crippen LogP contribution in [0.5, 0.6) is 0 Å². The van der Waals surface area contributed by atoms with Gasteiger partial charge in [-0.3, -0.25) is 14.4 Å². The zero-order valence-corrected chi connectivity index (χ0v) is 14.6. The van der Waals surface area contributed by atoms with Gasteiger partial charge in [0.15, 0.2) is 0 Å². The number of anilines is 1. The topological polar surface area (TPSA) is 111 Å². The van der Waals surface area contributed by atoms with Gasteiger partial charge in [0.05, 0.1) is 30.5 Å². The molecule has 9 heteroatoms. The standard InChI is InChI=1S/C16H19ClN2O6/c1-24-13(20)5-3-4-8-18-14(21)15(22)19-12-9-10(16(23)25-2)6-7-11(12)17/h6-7,9H,3-5,8H2,1-2H3,(H,18,21)(H,19,22). The van der Waals surface area contributed by atoms with Gasteiger partial charge in [0.25, 0.3) is 0 Å². The molecule has 0 radical (unpaired) electrons. The van der Waals surface area contributed by atoms with Crippen LogP contribution < -0.4 is 10.6 Å². The molecule has 1 aromatic carbocycles. The molecule has 1 aromatic rings. The van der Waals surface area contributed by atoms with Gasteiger partial charge >= 0.3 is 23.8 Å². The molecule has 0 aliphatic carbocycles. The molecule has 1 rings (SSSR count). The number of methoxy groups -OCH3 is 2. The molecule has 0 saturated heterocycles. The van der Waals surface area contributed by atoms with Crippen LogP contribution in [-0.4, -0.2) is 44.5 Å². The van der Waals surface area contributed by atoms with Gasteiger partial charge in [0, 0.05) is 13.0 Å². The fourth-order valence-electron chi connectivity index (χ4n) is 1.82. The molecule has 0 aromatic heterocycles. The maximum atomic E-state index is 11.9. The van der Waals surface area contributed by atoms with E-state index in [2.05, 4.69) is 20.1 Å². The van der Waals surface area contributed by atoms with Crippen LogP contribution in [0.1, 0.15) is 29.6 Å². The van der Waals surface area contributed by atoms with Crippen LogP contribution in [0, 0.1) is 0 Å². The summed E-state index contributed by atoms with van der Waals surface area (Å²) in [5, 5.41) is 4.93. The number of hydrogen-bond donors (Lipinski definition) is 2. The molecule has 0 bridgehead atoms. The summed E-state index contributed by atoms with van der Waals surface area (Å²) < 4.78 is 9.07. The minimum atomic E-state index is -0.920. The van der Waals surface area contributed by atoms with Crippen molar-refractivity contribution in [3.05, 3.63) is 28.8 Å². The SMILES string of the molecule is COC(=O)CCCCNC(=O)C(=O)Nc1cc(C(=O)OC)ccc1Cl. The monoisotopic (exact) mass is 370 g/mol. The van der Waals surface area contributed by atoms with Crippen LogP contribution in [0.2, 0.25) is 5.02 Å². The van der Waals surface area contributed by atoms with Crippen molar-refractivity contribution in [1.82, 2.24) is 5.32 Å². The van der Waals surface area contributed by atoms with Crippen molar-refractivity contribution < 1.29 is 28.7 Å². The Bertz CT molecular complexity index is 662. The maximum Gasteiger partial charge on any atom is 0.337 e. The number of halogens is 1. The molecular formula is C16H19ClN2O6. The summed E-state index contributed by atoms with van der Waals surface area (Å²) >= 11 is 5.94. The summed E-state index contributed by atoms with van der Waals surface area (Å²) in [4.78, 5) is 46.0. The number of rotatable bonds is 7. The van der Waals surface area contributed by atoms with E-state index in [4.69, 9.17) is 11.6 Å². The van der Waals surface area contributed by atoms with Crippen molar-refractivity contribution in [2.75, 3.05) is 26.1 Å². The Morgan fingerprint density at radius 1 is 1.04 bits per heavy atom. The molecule has 8 nitrogen and oxygen atoms in total. The van der Waals surface area contributed by atoms with Gasteiger partial charge < -0.3 is 20.1 Å². The summed E-state index contributed by atoms with van der Waals surface area (Å²) in [6.45, 7) is 0.235. The normalized spacial score (nSPS) is 9.88. The molecule has 0 unspecified atom stereocenters. The lowest BCUT2D eigenvalue weighted by molar-refractivity contribution is -0.140.